The lowest BCUT2D eigenvalue weighted by molar-refractivity contribution is 0.415. The van der Waals surface area contributed by atoms with Gasteiger partial charge in [-0.3, -0.25) is 5.10 Å². The van der Waals surface area contributed by atoms with Crippen molar-refractivity contribution in [2.75, 3.05) is 19.5 Å². The molecule has 0 amide bonds. The van der Waals surface area contributed by atoms with Gasteiger partial charge in [0.25, 0.3) is 5.78 Å². The third kappa shape index (κ3) is 1.13. The van der Waals surface area contributed by atoms with Crippen molar-refractivity contribution in [2.24, 2.45) is 0 Å². The SMILES string of the molecule is CNc1nc2nc3cc(OC)ccc3n2[nH]1. The number of fused-ring (bicyclic) bond motifs is 3. The second-order valence-corrected chi connectivity index (χ2v) is 3.42. The molecule has 0 aliphatic heterocycles. The van der Waals surface area contributed by atoms with Crippen LogP contribution >= 0.6 is 0 Å². The van der Waals surface area contributed by atoms with Crippen LogP contribution in [0.1, 0.15) is 0 Å². The molecule has 0 atom stereocenters. The van der Waals surface area contributed by atoms with E-state index in [1.54, 1.807) is 7.11 Å². The second kappa shape index (κ2) is 3.13. The fourth-order valence-corrected chi connectivity index (χ4v) is 1.70. The Morgan fingerprint density at radius 1 is 1.38 bits per heavy atom. The number of hydrogen-bond donors (Lipinski definition) is 2. The number of ether oxygens (including phenoxy) is 1. The lowest BCUT2D eigenvalue weighted by Gasteiger charge is -1.97. The van der Waals surface area contributed by atoms with Crippen molar-refractivity contribution in [1.82, 2.24) is 19.6 Å². The monoisotopic (exact) mass is 217 g/mol. The van der Waals surface area contributed by atoms with Crippen molar-refractivity contribution >= 4 is 22.8 Å². The van der Waals surface area contributed by atoms with E-state index in [1.165, 1.54) is 0 Å². The zero-order valence-corrected chi connectivity index (χ0v) is 8.98. The molecule has 1 aromatic carbocycles. The molecule has 0 unspecified atom stereocenters. The Balaban J connectivity index is 2.31. The molecule has 0 saturated heterocycles. The molecule has 6 nitrogen and oxygen atoms in total. The molecule has 0 bridgehead atoms. The number of benzene rings is 1. The smallest absolute Gasteiger partial charge is 0.253 e. The molecule has 2 N–H and O–H groups in total. The van der Waals surface area contributed by atoms with Crippen LogP contribution in [0.5, 0.6) is 5.75 Å². The van der Waals surface area contributed by atoms with Gasteiger partial charge in [-0.05, 0) is 12.1 Å². The summed E-state index contributed by atoms with van der Waals surface area (Å²) in [6, 6.07) is 5.74. The highest BCUT2D eigenvalue weighted by atomic mass is 16.5. The molecule has 0 aliphatic carbocycles. The van der Waals surface area contributed by atoms with E-state index in [0.29, 0.717) is 11.7 Å². The Kier molecular flexibility index (Phi) is 1.76. The zero-order chi connectivity index (χ0) is 11.1. The quantitative estimate of drug-likeness (QED) is 0.678. The van der Waals surface area contributed by atoms with Crippen LogP contribution in [0.3, 0.4) is 0 Å². The van der Waals surface area contributed by atoms with Crippen molar-refractivity contribution in [2.45, 2.75) is 0 Å². The maximum Gasteiger partial charge on any atom is 0.253 e. The van der Waals surface area contributed by atoms with Gasteiger partial charge >= 0.3 is 0 Å². The van der Waals surface area contributed by atoms with E-state index >= 15 is 0 Å². The number of H-pyrrole nitrogens is 1. The van der Waals surface area contributed by atoms with Crippen molar-refractivity contribution in [3.63, 3.8) is 0 Å². The Bertz CT molecular complexity index is 648. The normalized spacial score (nSPS) is 11.1. The van der Waals surface area contributed by atoms with Crippen molar-refractivity contribution in [3.05, 3.63) is 18.2 Å². The summed E-state index contributed by atoms with van der Waals surface area (Å²) in [6.45, 7) is 0. The van der Waals surface area contributed by atoms with E-state index in [1.807, 2.05) is 29.8 Å². The third-order valence-corrected chi connectivity index (χ3v) is 2.51. The molecule has 0 spiro atoms. The minimum Gasteiger partial charge on any atom is -0.497 e. The van der Waals surface area contributed by atoms with Crippen molar-refractivity contribution < 1.29 is 4.74 Å². The number of nitrogens with zero attached hydrogens (tertiary/aromatic N) is 3. The first kappa shape index (κ1) is 9.02. The van der Waals surface area contributed by atoms with Crippen LogP contribution in [0.2, 0.25) is 0 Å². The summed E-state index contributed by atoms with van der Waals surface area (Å²) in [5.41, 5.74) is 1.84. The summed E-state index contributed by atoms with van der Waals surface area (Å²) >= 11 is 0. The molecule has 3 aromatic rings. The number of imidazole rings is 1. The highest BCUT2D eigenvalue weighted by molar-refractivity contribution is 5.80. The standard InChI is InChI=1S/C10H11N5O/c1-11-9-13-10-12-7-5-6(16-2)3-4-8(7)15(10)14-9/h3-5H,1-2H3,(H2,11,12,13,14). The van der Waals surface area contributed by atoms with Crippen molar-refractivity contribution in [3.8, 4) is 5.75 Å². The largest absolute Gasteiger partial charge is 0.497 e. The minimum atomic E-state index is 0.646. The third-order valence-electron chi connectivity index (χ3n) is 2.51. The van der Waals surface area contributed by atoms with Crippen molar-refractivity contribution in [1.29, 1.82) is 0 Å². The average Bonchev–Trinajstić information content (AvgIpc) is 2.84. The molecule has 2 aromatic heterocycles. The van der Waals surface area contributed by atoms with Gasteiger partial charge in [-0.25, -0.2) is 9.50 Å². The Hall–Kier alpha value is -2.24. The number of methoxy groups -OCH3 is 1. The number of aromatic amines is 1. The molecular weight excluding hydrogens is 206 g/mol. The number of anilines is 1. The molecule has 0 aliphatic rings. The molecule has 0 saturated carbocycles. The summed E-state index contributed by atoms with van der Waals surface area (Å²) in [6.07, 6.45) is 0. The minimum absolute atomic E-state index is 0.646. The van der Waals surface area contributed by atoms with Crippen LogP contribution in [-0.2, 0) is 0 Å². The topological polar surface area (TPSA) is 67.2 Å². The summed E-state index contributed by atoms with van der Waals surface area (Å²) in [5.74, 6) is 2.13. The lowest BCUT2D eigenvalue weighted by Crippen LogP contribution is -1.91. The summed E-state index contributed by atoms with van der Waals surface area (Å²) in [7, 11) is 3.45. The van der Waals surface area contributed by atoms with Crippen LogP contribution < -0.4 is 10.1 Å². The maximum absolute atomic E-state index is 5.15. The van der Waals surface area contributed by atoms with Gasteiger partial charge in [0.15, 0.2) is 0 Å². The van der Waals surface area contributed by atoms with Crippen LogP contribution in [0.4, 0.5) is 5.95 Å². The van der Waals surface area contributed by atoms with E-state index in [9.17, 15) is 0 Å². The second-order valence-electron chi connectivity index (χ2n) is 3.42. The van der Waals surface area contributed by atoms with Gasteiger partial charge in [-0.15, -0.1) is 0 Å². The summed E-state index contributed by atoms with van der Waals surface area (Å²) in [5, 5.41) is 6.03. The summed E-state index contributed by atoms with van der Waals surface area (Å²) < 4.78 is 6.98. The van der Waals surface area contributed by atoms with Gasteiger partial charge < -0.3 is 10.1 Å². The summed E-state index contributed by atoms with van der Waals surface area (Å²) in [4.78, 5) is 8.66. The van der Waals surface area contributed by atoms with Crippen LogP contribution in [0, 0.1) is 0 Å². The predicted octanol–water partition coefficient (Wildman–Crippen LogP) is 1.26. The molecule has 6 heteroatoms. The van der Waals surface area contributed by atoms with Gasteiger partial charge in [-0.1, -0.05) is 0 Å². The molecule has 3 rings (SSSR count). The number of rotatable bonds is 2. The van der Waals surface area contributed by atoms with Crippen LogP contribution in [-0.4, -0.2) is 33.7 Å². The molecule has 16 heavy (non-hydrogen) atoms. The van der Waals surface area contributed by atoms with Crippen LogP contribution in [0.15, 0.2) is 18.2 Å². The highest BCUT2D eigenvalue weighted by Gasteiger charge is 2.09. The predicted molar refractivity (Wildman–Crippen MR) is 60.9 cm³/mol. The van der Waals surface area contributed by atoms with Gasteiger partial charge in [0.1, 0.15) is 5.75 Å². The van der Waals surface area contributed by atoms with Crippen LogP contribution in [0.25, 0.3) is 16.8 Å². The molecular formula is C10H11N5O. The Labute approximate surface area is 91.2 Å². The molecule has 2 heterocycles. The van der Waals surface area contributed by atoms with Gasteiger partial charge in [0.2, 0.25) is 5.95 Å². The average molecular weight is 217 g/mol. The van der Waals surface area contributed by atoms with E-state index in [0.717, 1.165) is 16.8 Å². The van der Waals surface area contributed by atoms with E-state index in [4.69, 9.17) is 4.74 Å². The first-order valence-electron chi connectivity index (χ1n) is 4.92. The molecule has 0 radical (unpaired) electrons. The number of nitrogens with one attached hydrogen (secondary N) is 2. The number of aromatic nitrogens is 4. The number of hydrogen-bond acceptors (Lipinski definition) is 4. The first-order valence-corrected chi connectivity index (χ1v) is 4.92. The highest BCUT2D eigenvalue weighted by Crippen LogP contribution is 2.21. The van der Waals surface area contributed by atoms with E-state index in [2.05, 4.69) is 20.4 Å². The Morgan fingerprint density at radius 3 is 3.00 bits per heavy atom. The van der Waals surface area contributed by atoms with Gasteiger partial charge in [0.05, 0.1) is 18.1 Å². The Morgan fingerprint density at radius 2 is 2.25 bits per heavy atom. The lowest BCUT2D eigenvalue weighted by atomic mass is 10.3. The fourth-order valence-electron chi connectivity index (χ4n) is 1.70. The van der Waals surface area contributed by atoms with Gasteiger partial charge in [-0.2, -0.15) is 4.98 Å². The van der Waals surface area contributed by atoms with Gasteiger partial charge in [0, 0.05) is 13.1 Å². The molecule has 82 valence electrons. The molecule has 0 fully saturated rings. The maximum atomic E-state index is 5.15. The fraction of sp³-hybridized carbons (Fsp3) is 0.200. The zero-order valence-electron chi connectivity index (χ0n) is 8.98. The van der Waals surface area contributed by atoms with E-state index < -0.39 is 0 Å². The first-order chi connectivity index (χ1) is 7.81. The van der Waals surface area contributed by atoms with E-state index in [-0.39, 0.29) is 0 Å².